The van der Waals surface area contributed by atoms with Crippen LogP contribution in [0.4, 0.5) is 4.39 Å². The van der Waals surface area contributed by atoms with Crippen LogP contribution in [0.25, 0.3) is 0 Å². The van der Waals surface area contributed by atoms with Crippen molar-refractivity contribution < 1.29 is 9.18 Å². The minimum Gasteiger partial charge on any atom is -0.295 e. The molecule has 1 aliphatic carbocycles. The molecular formula is C12H13FO. The van der Waals surface area contributed by atoms with Crippen LogP contribution >= 0.6 is 0 Å². The van der Waals surface area contributed by atoms with Crippen molar-refractivity contribution in [1.82, 2.24) is 0 Å². The molecule has 1 aromatic carbocycles. The van der Waals surface area contributed by atoms with Crippen molar-refractivity contribution in [3.8, 4) is 0 Å². The Labute approximate surface area is 82.9 Å². The van der Waals surface area contributed by atoms with Crippen molar-refractivity contribution in [2.45, 2.75) is 31.9 Å². The Morgan fingerprint density at radius 1 is 1.43 bits per heavy atom. The Morgan fingerprint density at radius 2 is 2.07 bits per heavy atom. The van der Waals surface area contributed by atoms with E-state index >= 15 is 0 Å². The average molecular weight is 192 g/mol. The van der Waals surface area contributed by atoms with Crippen molar-refractivity contribution in [1.29, 1.82) is 0 Å². The molecule has 0 radical (unpaired) electrons. The predicted molar refractivity (Wildman–Crippen MR) is 53.2 cm³/mol. The van der Waals surface area contributed by atoms with E-state index in [-0.39, 0.29) is 5.78 Å². The molecule has 0 aliphatic heterocycles. The fourth-order valence-electron chi connectivity index (χ4n) is 1.67. The fourth-order valence-corrected chi connectivity index (χ4v) is 1.67. The molecule has 14 heavy (non-hydrogen) atoms. The summed E-state index contributed by atoms with van der Waals surface area (Å²) in [5, 5.41) is 0. The topological polar surface area (TPSA) is 17.1 Å². The van der Waals surface area contributed by atoms with Gasteiger partial charge in [0.15, 0.2) is 5.78 Å². The molecule has 0 amide bonds. The number of carbonyl (C=O) groups is 1. The first-order valence-electron chi connectivity index (χ1n) is 4.88. The zero-order chi connectivity index (χ0) is 10.2. The van der Waals surface area contributed by atoms with Gasteiger partial charge in [0.05, 0.1) is 0 Å². The van der Waals surface area contributed by atoms with Gasteiger partial charge >= 0.3 is 0 Å². The van der Waals surface area contributed by atoms with Gasteiger partial charge in [-0.15, -0.1) is 0 Å². The van der Waals surface area contributed by atoms with Gasteiger partial charge in [0.2, 0.25) is 0 Å². The lowest BCUT2D eigenvalue weighted by Gasteiger charge is -2.08. The van der Waals surface area contributed by atoms with Gasteiger partial charge in [0, 0.05) is 12.0 Å². The molecule has 0 heterocycles. The van der Waals surface area contributed by atoms with Gasteiger partial charge in [-0.1, -0.05) is 24.3 Å². The average Bonchev–Trinajstić information content (AvgIpc) is 2.84. The van der Waals surface area contributed by atoms with E-state index in [1.807, 2.05) is 18.2 Å². The smallest absolute Gasteiger partial charge is 0.160 e. The Hall–Kier alpha value is -1.18. The largest absolute Gasteiger partial charge is 0.295 e. The molecule has 2 rings (SSSR count). The molecular weight excluding hydrogens is 179 g/mol. The van der Waals surface area contributed by atoms with Gasteiger partial charge in [0.25, 0.3) is 0 Å². The highest BCUT2D eigenvalue weighted by Crippen LogP contribution is 2.43. The van der Waals surface area contributed by atoms with Crippen LogP contribution in [0, 0.1) is 0 Å². The maximum Gasteiger partial charge on any atom is 0.160 e. The predicted octanol–water partition coefficient (Wildman–Crippen LogP) is 2.93. The maximum absolute atomic E-state index is 13.5. The monoisotopic (exact) mass is 192 g/mol. The lowest BCUT2D eigenvalue weighted by molar-refractivity contribution is 0.101. The molecule has 1 saturated carbocycles. The van der Waals surface area contributed by atoms with Crippen LogP contribution < -0.4 is 0 Å². The Bertz CT molecular complexity index is 366. The lowest BCUT2D eigenvalue weighted by Crippen LogP contribution is -2.08. The number of carbonyl (C=O) groups excluding carboxylic acids is 1. The summed E-state index contributed by atoms with van der Waals surface area (Å²) >= 11 is 0. The third-order valence-corrected chi connectivity index (χ3v) is 2.70. The first-order valence-corrected chi connectivity index (χ1v) is 4.88. The van der Waals surface area contributed by atoms with E-state index in [9.17, 15) is 9.18 Å². The second-order valence-electron chi connectivity index (χ2n) is 4.04. The van der Waals surface area contributed by atoms with E-state index in [0.717, 1.165) is 5.56 Å². The molecule has 1 nitrogen and oxygen atoms in total. The van der Waals surface area contributed by atoms with Crippen LogP contribution in [0.2, 0.25) is 0 Å². The van der Waals surface area contributed by atoms with Gasteiger partial charge in [-0.2, -0.15) is 0 Å². The molecule has 1 fully saturated rings. The van der Waals surface area contributed by atoms with Crippen molar-refractivity contribution in [2.24, 2.45) is 0 Å². The van der Waals surface area contributed by atoms with E-state index in [1.165, 1.54) is 6.92 Å². The van der Waals surface area contributed by atoms with Crippen LogP contribution in [0.3, 0.4) is 0 Å². The molecule has 0 atom stereocenters. The first kappa shape index (κ1) is 9.38. The Kier molecular flexibility index (Phi) is 2.14. The second-order valence-corrected chi connectivity index (χ2v) is 4.04. The molecule has 2 heteroatoms. The number of rotatable bonds is 3. The van der Waals surface area contributed by atoms with Gasteiger partial charge in [-0.05, 0) is 25.3 Å². The van der Waals surface area contributed by atoms with Gasteiger partial charge in [-0.3, -0.25) is 4.79 Å². The number of alkyl halides is 1. The number of benzene rings is 1. The van der Waals surface area contributed by atoms with Crippen LogP contribution in [-0.2, 0) is 6.42 Å². The van der Waals surface area contributed by atoms with Crippen LogP contribution in [0.1, 0.15) is 35.7 Å². The Morgan fingerprint density at radius 3 is 2.64 bits per heavy atom. The number of halogens is 1. The second kappa shape index (κ2) is 3.19. The summed E-state index contributed by atoms with van der Waals surface area (Å²) in [7, 11) is 0. The fraction of sp³-hybridized carbons (Fsp3) is 0.417. The molecule has 0 saturated heterocycles. The highest BCUT2D eigenvalue weighted by molar-refractivity contribution is 5.95. The summed E-state index contributed by atoms with van der Waals surface area (Å²) in [6.07, 6.45) is 1.67. The van der Waals surface area contributed by atoms with E-state index in [4.69, 9.17) is 0 Å². The summed E-state index contributed by atoms with van der Waals surface area (Å²) in [4.78, 5) is 11.3. The number of hydrogen-bond donors (Lipinski definition) is 0. The SMILES string of the molecule is CC(=O)c1ccccc1CC1(F)CC1. The van der Waals surface area contributed by atoms with Gasteiger partial charge in [0.1, 0.15) is 5.67 Å². The summed E-state index contributed by atoms with van der Waals surface area (Å²) in [5.74, 6) is 0.0184. The van der Waals surface area contributed by atoms with E-state index < -0.39 is 5.67 Å². The molecule has 0 N–H and O–H groups in total. The number of ketones is 1. The van der Waals surface area contributed by atoms with Crippen LogP contribution in [0.15, 0.2) is 24.3 Å². The molecule has 0 unspecified atom stereocenters. The van der Waals surface area contributed by atoms with Crippen molar-refractivity contribution in [3.05, 3.63) is 35.4 Å². The third kappa shape index (κ3) is 1.84. The number of Topliss-reactive ketones (excluding diaryl/α,β-unsaturated/α-hetero) is 1. The molecule has 74 valence electrons. The zero-order valence-electron chi connectivity index (χ0n) is 8.22. The molecule has 0 spiro atoms. The lowest BCUT2D eigenvalue weighted by atomic mass is 9.99. The highest BCUT2D eigenvalue weighted by atomic mass is 19.1. The number of hydrogen-bond acceptors (Lipinski definition) is 1. The van der Waals surface area contributed by atoms with Gasteiger partial charge in [-0.25, -0.2) is 4.39 Å². The third-order valence-electron chi connectivity index (χ3n) is 2.70. The van der Waals surface area contributed by atoms with Crippen molar-refractivity contribution >= 4 is 5.78 Å². The minimum atomic E-state index is -1.02. The molecule has 0 bridgehead atoms. The quantitative estimate of drug-likeness (QED) is 0.673. The molecule has 0 aromatic heterocycles. The summed E-state index contributed by atoms with van der Waals surface area (Å²) in [6.45, 7) is 1.52. The van der Waals surface area contributed by atoms with Crippen LogP contribution in [0.5, 0.6) is 0 Å². The van der Waals surface area contributed by atoms with Crippen LogP contribution in [-0.4, -0.2) is 11.5 Å². The minimum absolute atomic E-state index is 0.0184. The summed E-state index contributed by atoms with van der Waals surface area (Å²) in [6, 6.07) is 7.28. The maximum atomic E-state index is 13.5. The summed E-state index contributed by atoms with van der Waals surface area (Å²) in [5.41, 5.74) is 0.488. The normalized spacial score (nSPS) is 17.9. The van der Waals surface area contributed by atoms with Gasteiger partial charge < -0.3 is 0 Å². The summed E-state index contributed by atoms with van der Waals surface area (Å²) < 4.78 is 13.5. The standard InChI is InChI=1S/C12H13FO/c1-9(14)11-5-3-2-4-10(11)8-12(13)6-7-12/h2-5H,6-8H2,1H3. The molecule has 1 aromatic rings. The first-order chi connectivity index (χ1) is 6.61. The zero-order valence-corrected chi connectivity index (χ0v) is 8.22. The Balaban J connectivity index is 2.27. The van der Waals surface area contributed by atoms with E-state index in [0.29, 0.717) is 24.8 Å². The van der Waals surface area contributed by atoms with Crippen molar-refractivity contribution in [2.75, 3.05) is 0 Å². The van der Waals surface area contributed by atoms with Crippen molar-refractivity contribution in [3.63, 3.8) is 0 Å². The van der Waals surface area contributed by atoms with E-state index in [1.54, 1.807) is 6.07 Å². The highest BCUT2D eigenvalue weighted by Gasteiger charge is 2.43. The van der Waals surface area contributed by atoms with E-state index in [2.05, 4.69) is 0 Å². The molecule has 1 aliphatic rings.